The molecule has 5 rings (SSSR count). The third kappa shape index (κ3) is 4.62. The average Bonchev–Trinajstić information content (AvgIpc) is 3.32. The molecule has 3 aromatic heterocycles. The number of nitriles is 1. The van der Waals surface area contributed by atoms with Gasteiger partial charge in [0.25, 0.3) is 5.78 Å². The first kappa shape index (κ1) is 22.6. The van der Waals surface area contributed by atoms with Crippen LogP contribution in [0, 0.1) is 11.3 Å². The molecule has 12 heteroatoms. The molecule has 9 nitrogen and oxygen atoms in total. The Morgan fingerprint density at radius 1 is 1.11 bits per heavy atom. The van der Waals surface area contributed by atoms with E-state index >= 15 is 0 Å². The predicted octanol–water partition coefficient (Wildman–Crippen LogP) is 4.27. The number of alkyl halides is 3. The van der Waals surface area contributed by atoms with Crippen molar-refractivity contribution in [2.45, 2.75) is 44.7 Å². The molecule has 0 amide bonds. The van der Waals surface area contributed by atoms with Gasteiger partial charge in [-0.25, -0.2) is 4.98 Å². The Balaban J connectivity index is 1.38. The first-order chi connectivity index (χ1) is 16.8. The predicted molar refractivity (Wildman–Crippen MR) is 119 cm³/mol. The molecule has 0 N–H and O–H groups in total. The van der Waals surface area contributed by atoms with Gasteiger partial charge in [-0.2, -0.15) is 10.2 Å². The van der Waals surface area contributed by atoms with Gasteiger partial charge in [0.05, 0.1) is 5.52 Å². The lowest BCUT2D eigenvalue weighted by Gasteiger charge is -2.40. The van der Waals surface area contributed by atoms with E-state index in [0.717, 1.165) is 11.9 Å². The van der Waals surface area contributed by atoms with Gasteiger partial charge in [0, 0.05) is 25.4 Å². The summed E-state index contributed by atoms with van der Waals surface area (Å²) in [5.41, 5.74) is 1.63. The van der Waals surface area contributed by atoms with Crippen LogP contribution in [0.4, 0.5) is 19.0 Å². The number of aromatic nitrogens is 5. The Hall–Kier alpha value is -4.14. The van der Waals surface area contributed by atoms with Crippen molar-refractivity contribution >= 4 is 22.6 Å². The third-order valence-electron chi connectivity index (χ3n) is 5.97. The first-order valence-corrected chi connectivity index (χ1v) is 11.0. The number of fused-ring (bicyclic) bond motifs is 3. The quantitative estimate of drug-likeness (QED) is 0.415. The van der Waals surface area contributed by atoms with E-state index in [9.17, 15) is 18.4 Å². The number of hydrogen-bond acceptors (Lipinski definition) is 8. The molecular formula is C23H20F3N7O2. The lowest BCUT2D eigenvalue weighted by atomic mass is 9.97. The molecule has 1 fully saturated rings. The van der Waals surface area contributed by atoms with Crippen LogP contribution in [-0.2, 0) is 0 Å². The first-order valence-electron chi connectivity index (χ1n) is 11.0. The molecule has 0 spiro atoms. The van der Waals surface area contributed by atoms with Crippen molar-refractivity contribution in [1.82, 2.24) is 24.6 Å². The SMILES string of the molecule is CC[C@@H]1C[C@@H](Oc2ccc(OC(F)(F)F)cc2)CCN1c1nc2nncn2c2ccc(C#N)nc12. The number of ether oxygens (including phenoxy) is 2. The fourth-order valence-electron chi connectivity index (χ4n) is 4.40. The molecule has 1 aliphatic rings. The minimum absolute atomic E-state index is 0.0650. The molecule has 1 aromatic carbocycles. The molecule has 4 aromatic rings. The van der Waals surface area contributed by atoms with Gasteiger partial charge in [0.2, 0.25) is 0 Å². The summed E-state index contributed by atoms with van der Waals surface area (Å²) >= 11 is 0. The van der Waals surface area contributed by atoms with Crippen LogP contribution in [0.3, 0.4) is 0 Å². The largest absolute Gasteiger partial charge is 0.573 e. The van der Waals surface area contributed by atoms with Gasteiger partial charge in [0.1, 0.15) is 41.2 Å². The number of piperidine rings is 1. The molecule has 35 heavy (non-hydrogen) atoms. The third-order valence-corrected chi connectivity index (χ3v) is 5.97. The highest BCUT2D eigenvalue weighted by Crippen LogP contribution is 2.33. The zero-order valence-electron chi connectivity index (χ0n) is 18.6. The normalized spacial score (nSPS) is 18.5. The molecule has 180 valence electrons. The van der Waals surface area contributed by atoms with E-state index < -0.39 is 6.36 Å². The Morgan fingerprint density at radius 2 is 1.89 bits per heavy atom. The molecule has 1 saturated heterocycles. The Labute approximate surface area is 197 Å². The molecule has 0 unspecified atom stereocenters. The average molecular weight is 483 g/mol. The van der Waals surface area contributed by atoms with Gasteiger partial charge in [-0.1, -0.05) is 6.92 Å². The van der Waals surface area contributed by atoms with E-state index in [-0.39, 0.29) is 23.6 Å². The number of rotatable bonds is 5. The van der Waals surface area contributed by atoms with E-state index in [4.69, 9.17) is 9.72 Å². The fourth-order valence-corrected chi connectivity index (χ4v) is 4.40. The Bertz CT molecular complexity index is 1400. The number of benzene rings is 1. The number of anilines is 1. The van der Waals surface area contributed by atoms with Crippen LogP contribution in [0.5, 0.6) is 11.5 Å². The van der Waals surface area contributed by atoms with Crippen LogP contribution in [-0.4, -0.2) is 49.6 Å². The van der Waals surface area contributed by atoms with Crippen molar-refractivity contribution in [3.05, 3.63) is 48.4 Å². The highest BCUT2D eigenvalue weighted by Gasteiger charge is 2.32. The minimum Gasteiger partial charge on any atom is -0.490 e. The van der Waals surface area contributed by atoms with Crippen molar-refractivity contribution < 1.29 is 22.6 Å². The second-order valence-electron chi connectivity index (χ2n) is 8.15. The summed E-state index contributed by atoms with van der Waals surface area (Å²) in [4.78, 5) is 11.4. The number of hydrogen-bond donors (Lipinski definition) is 0. The van der Waals surface area contributed by atoms with E-state index in [2.05, 4.69) is 37.8 Å². The lowest BCUT2D eigenvalue weighted by Crippen LogP contribution is -2.46. The van der Waals surface area contributed by atoms with Gasteiger partial charge in [-0.05, 0) is 42.8 Å². The van der Waals surface area contributed by atoms with Crippen molar-refractivity contribution in [2.24, 2.45) is 0 Å². The zero-order valence-corrected chi connectivity index (χ0v) is 18.6. The van der Waals surface area contributed by atoms with Gasteiger partial charge < -0.3 is 14.4 Å². The maximum absolute atomic E-state index is 12.4. The van der Waals surface area contributed by atoms with E-state index in [1.165, 1.54) is 24.3 Å². The highest BCUT2D eigenvalue weighted by atomic mass is 19.4. The number of halogens is 3. The summed E-state index contributed by atoms with van der Waals surface area (Å²) in [5.74, 6) is 1.25. The van der Waals surface area contributed by atoms with Crippen LogP contribution in [0.15, 0.2) is 42.7 Å². The van der Waals surface area contributed by atoms with Crippen molar-refractivity contribution in [3.63, 3.8) is 0 Å². The minimum atomic E-state index is -4.74. The smallest absolute Gasteiger partial charge is 0.490 e. The van der Waals surface area contributed by atoms with Gasteiger partial charge in [-0.3, -0.25) is 4.40 Å². The summed E-state index contributed by atoms with van der Waals surface area (Å²) in [7, 11) is 0. The molecule has 2 atom stereocenters. The molecule has 4 heterocycles. The van der Waals surface area contributed by atoms with Gasteiger partial charge in [0.15, 0.2) is 5.82 Å². The zero-order chi connectivity index (χ0) is 24.6. The second kappa shape index (κ2) is 8.90. The van der Waals surface area contributed by atoms with Crippen molar-refractivity contribution in [3.8, 4) is 17.6 Å². The van der Waals surface area contributed by atoms with Gasteiger partial charge in [-0.15, -0.1) is 23.4 Å². The lowest BCUT2D eigenvalue weighted by molar-refractivity contribution is -0.274. The van der Waals surface area contributed by atoms with E-state index in [1.807, 2.05) is 6.07 Å². The van der Waals surface area contributed by atoms with Crippen molar-refractivity contribution in [1.29, 1.82) is 5.26 Å². The molecule has 0 bridgehead atoms. The van der Waals surface area contributed by atoms with Gasteiger partial charge >= 0.3 is 6.36 Å². The maximum atomic E-state index is 12.4. The molecule has 0 aliphatic carbocycles. The molecular weight excluding hydrogens is 463 g/mol. The van der Waals surface area contributed by atoms with Crippen LogP contribution in [0.2, 0.25) is 0 Å². The fraction of sp³-hybridized carbons (Fsp3) is 0.348. The maximum Gasteiger partial charge on any atom is 0.573 e. The van der Waals surface area contributed by atoms with Crippen LogP contribution >= 0.6 is 0 Å². The van der Waals surface area contributed by atoms with Crippen LogP contribution in [0.1, 0.15) is 31.9 Å². The van der Waals surface area contributed by atoms with Crippen LogP contribution < -0.4 is 14.4 Å². The molecule has 1 aliphatic heterocycles. The summed E-state index contributed by atoms with van der Waals surface area (Å²) in [5, 5.41) is 17.4. The summed E-state index contributed by atoms with van der Waals surface area (Å²) in [6.45, 7) is 2.68. The van der Waals surface area contributed by atoms with Crippen LogP contribution in [0.25, 0.3) is 16.8 Å². The summed E-state index contributed by atoms with van der Waals surface area (Å²) in [6.07, 6.45) is -1.16. The monoisotopic (exact) mass is 483 g/mol. The molecule has 0 radical (unpaired) electrons. The topological polar surface area (TPSA) is 101 Å². The van der Waals surface area contributed by atoms with E-state index in [1.54, 1.807) is 16.8 Å². The summed E-state index contributed by atoms with van der Waals surface area (Å²) in [6, 6.07) is 11.0. The van der Waals surface area contributed by atoms with E-state index in [0.29, 0.717) is 42.2 Å². The molecule has 0 saturated carbocycles. The Kier molecular flexibility index (Phi) is 5.76. The Morgan fingerprint density at radius 3 is 2.60 bits per heavy atom. The highest BCUT2D eigenvalue weighted by molar-refractivity contribution is 5.88. The number of pyridine rings is 1. The standard InChI is InChI=1S/C23H20F3N7O2/c1-2-15-11-18(34-16-4-6-17(7-5-16)35-23(24,25)26)9-10-32(15)21-20-19(8-3-14(12-27)29-20)33-13-28-31-22(33)30-21/h3-8,13,15,18H,2,9-11H2,1H3/t15-,18+/m1/s1. The van der Waals surface area contributed by atoms with Crippen molar-refractivity contribution in [2.75, 3.05) is 11.4 Å². The number of nitrogens with zero attached hydrogens (tertiary/aromatic N) is 7. The second-order valence-corrected chi connectivity index (χ2v) is 8.15. The summed E-state index contributed by atoms with van der Waals surface area (Å²) < 4.78 is 48.9.